The van der Waals surface area contributed by atoms with Gasteiger partial charge in [-0.25, -0.2) is 0 Å². The Morgan fingerprint density at radius 3 is 2.94 bits per heavy atom. The minimum absolute atomic E-state index is 0.362. The Kier molecular flexibility index (Phi) is 4.29. The minimum atomic E-state index is 0.362. The van der Waals surface area contributed by atoms with Crippen molar-refractivity contribution < 1.29 is 4.74 Å². The Labute approximate surface area is 116 Å². The van der Waals surface area contributed by atoms with Gasteiger partial charge in [0, 0.05) is 17.9 Å². The van der Waals surface area contributed by atoms with Gasteiger partial charge in [-0.2, -0.15) is 16.7 Å². The fourth-order valence-corrected chi connectivity index (χ4v) is 3.12. The number of H-pyrrole nitrogens is 1. The summed E-state index contributed by atoms with van der Waals surface area (Å²) in [6.07, 6.45) is 3.14. The van der Waals surface area contributed by atoms with E-state index in [1.165, 1.54) is 0 Å². The van der Waals surface area contributed by atoms with E-state index in [0.29, 0.717) is 11.9 Å². The Hall–Kier alpha value is -1.01. The van der Waals surface area contributed by atoms with Crippen molar-refractivity contribution in [2.45, 2.75) is 19.4 Å². The number of fused-ring (bicyclic) bond motifs is 1. The molecule has 2 aromatic heterocycles. The summed E-state index contributed by atoms with van der Waals surface area (Å²) in [5.41, 5.74) is 1.83. The quantitative estimate of drug-likeness (QED) is 0.854. The number of aromatic nitrogens is 3. The first kappa shape index (κ1) is 13.4. The van der Waals surface area contributed by atoms with Crippen molar-refractivity contribution >= 4 is 35.1 Å². The van der Waals surface area contributed by atoms with Crippen molar-refractivity contribution in [1.29, 1.82) is 0 Å². The van der Waals surface area contributed by atoms with Crippen LogP contribution in [-0.4, -0.2) is 33.7 Å². The molecule has 1 atom stereocenters. The molecule has 2 rings (SSSR count). The zero-order valence-electron chi connectivity index (χ0n) is 10.8. The SMILES string of the molecule is CCC(CSC)n1c(=S)[nH]c2ccc(OC)nc21. The highest BCUT2D eigenvalue weighted by atomic mass is 32.2. The largest absolute Gasteiger partial charge is 0.481 e. The second kappa shape index (κ2) is 5.75. The van der Waals surface area contributed by atoms with Crippen LogP contribution in [-0.2, 0) is 0 Å². The lowest BCUT2D eigenvalue weighted by molar-refractivity contribution is 0.398. The molecule has 98 valence electrons. The number of methoxy groups -OCH3 is 1. The highest BCUT2D eigenvalue weighted by Gasteiger charge is 2.15. The Bertz CT molecular complexity index is 591. The molecule has 1 unspecified atom stereocenters. The molecule has 0 aliphatic heterocycles. The number of ether oxygens (including phenoxy) is 1. The number of thioether (sulfide) groups is 1. The fourth-order valence-electron chi connectivity index (χ4n) is 2.00. The number of aromatic amines is 1. The normalized spacial score (nSPS) is 12.8. The third kappa shape index (κ3) is 2.40. The molecule has 0 saturated heterocycles. The lowest BCUT2D eigenvalue weighted by atomic mass is 10.2. The van der Waals surface area contributed by atoms with E-state index in [-0.39, 0.29) is 0 Å². The number of nitrogens with one attached hydrogen (secondary N) is 1. The van der Waals surface area contributed by atoms with E-state index in [0.717, 1.165) is 28.1 Å². The van der Waals surface area contributed by atoms with Gasteiger partial charge in [0.2, 0.25) is 5.88 Å². The van der Waals surface area contributed by atoms with Crippen molar-refractivity contribution in [2.24, 2.45) is 0 Å². The number of rotatable bonds is 5. The summed E-state index contributed by atoms with van der Waals surface area (Å²) in [4.78, 5) is 7.70. The lowest BCUT2D eigenvalue weighted by Crippen LogP contribution is -2.11. The Balaban J connectivity index is 2.60. The maximum absolute atomic E-state index is 5.41. The summed E-state index contributed by atoms with van der Waals surface area (Å²) in [7, 11) is 1.62. The molecule has 0 aliphatic carbocycles. The molecule has 18 heavy (non-hydrogen) atoms. The van der Waals surface area contributed by atoms with E-state index in [9.17, 15) is 0 Å². The maximum Gasteiger partial charge on any atom is 0.215 e. The molecule has 6 heteroatoms. The van der Waals surface area contributed by atoms with Crippen molar-refractivity contribution in [2.75, 3.05) is 19.1 Å². The number of hydrogen-bond donors (Lipinski definition) is 1. The smallest absolute Gasteiger partial charge is 0.215 e. The second-order valence-corrected chi connectivity index (χ2v) is 5.34. The molecule has 0 aromatic carbocycles. The van der Waals surface area contributed by atoms with Gasteiger partial charge in [-0.3, -0.25) is 4.57 Å². The molecule has 2 aromatic rings. The van der Waals surface area contributed by atoms with Gasteiger partial charge in [0.15, 0.2) is 10.4 Å². The summed E-state index contributed by atoms with van der Waals surface area (Å²) in [5, 5.41) is 0. The Morgan fingerprint density at radius 2 is 2.33 bits per heavy atom. The molecule has 0 saturated carbocycles. The monoisotopic (exact) mass is 283 g/mol. The molecule has 0 bridgehead atoms. The maximum atomic E-state index is 5.41. The first-order chi connectivity index (χ1) is 8.71. The molecule has 2 heterocycles. The molecule has 0 spiro atoms. The minimum Gasteiger partial charge on any atom is -0.481 e. The molecule has 0 fully saturated rings. The highest BCUT2D eigenvalue weighted by molar-refractivity contribution is 7.98. The van der Waals surface area contributed by atoms with Crippen LogP contribution in [0.15, 0.2) is 12.1 Å². The first-order valence-corrected chi connectivity index (χ1v) is 7.65. The van der Waals surface area contributed by atoms with E-state index in [4.69, 9.17) is 17.0 Å². The number of hydrogen-bond acceptors (Lipinski definition) is 4. The standard InChI is InChI=1S/C12H17N3OS2/c1-4-8(7-18-3)15-11-9(13-12(15)17)5-6-10(14-11)16-2/h5-6,8H,4,7H2,1-3H3,(H,13,17). The predicted octanol–water partition coefficient (Wildman–Crippen LogP) is 3.42. The van der Waals surface area contributed by atoms with Gasteiger partial charge in [0.1, 0.15) is 0 Å². The molecule has 4 nitrogen and oxygen atoms in total. The van der Waals surface area contributed by atoms with Crippen LogP contribution in [0.2, 0.25) is 0 Å². The van der Waals surface area contributed by atoms with Gasteiger partial charge < -0.3 is 9.72 Å². The highest BCUT2D eigenvalue weighted by Crippen LogP contribution is 2.24. The third-order valence-electron chi connectivity index (χ3n) is 2.94. The van der Waals surface area contributed by atoms with Crippen molar-refractivity contribution in [3.05, 3.63) is 16.9 Å². The first-order valence-electron chi connectivity index (χ1n) is 5.85. The summed E-state index contributed by atoms with van der Waals surface area (Å²) < 4.78 is 8.01. The number of pyridine rings is 1. The predicted molar refractivity (Wildman–Crippen MR) is 79.2 cm³/mol. The summed E-state index contributed by atoms with van der Waals surface area (Å²) >= 11 is 7.23. The van der Waals surface area contributed by atoms with Gasteiger partial charge in [-0.1, -0.05) is 6.92 Å². The van der Waals surface area contributed by atoms with Crippen LogP contribution < -0.4 is 4.74 Å². The van der Waals surface area contributed by atoms with E-state index in [1.54, 1.807) is 7.11 Å². The molecule has 1 N–H and O–H groups in total. The van der Waals surface area contributed by atoms with E-state index >= 15 is 0 Å². The number of imidazole rings is 1. The summed E-state index contributed by atoms with van der Waals surface area (Å²) in [6.45, 7) is 2.17. The average molecular weight is 283 g/mol. The topological polar surface area (TPSA) is 42.8 Å². The van der Waals surface area contributed by atoms with Crippen LogP contribution in [0.25, 0.3) is 11.2 Å². The Morgan fingerprint density at radius 1 is 1.56 bits per heavy atom. The molecule has 0 amide bonds. The zero-order chi connectivity index (χ0) is 13.1. The second-order valence-electron chi connectivity index (χ2n) is 4.04. The van der Waals surface area contributed by atoms with Crippen molar-refractivity contribution in [3.63, 3.8) is 0 Å². The molecular formula is C12H17N3OS2. The van der Waals surface area contributed by atoms with Crippen LogP contribution in [0, 0.1) is 4.77 Å². The fraction of sp³-hybridized carbons (Fsp3) is 0.500. The van der Waals surface area contributed by atoms with Gasteiger partial charge in [-0.05, 0) is 31.0 Å². The van der Waals surface area contributed by atoms with E-state index < -0.39 is 0 Å². The van der Waals surface area contributed by atoms with Gasteiger partial charge in [-0.15, -0.1) is 0 Å². The van der Waals surface area contributed by atoms with Gasteiger partial charge in [0.05, 0.1) is 12.6 Å². The summed E-state index contributed by atoms with van der Waals surface area (Å²) in [5.74, 6) is 1.64. The van der Waals surface area contributed by atoms with Crippen molar-refractivity contribution in [3.8, 4) is 5.88 Å². The van der Waals surface area contributed by atoms with Crippen LogP contribution >= 0.6 is 24.0 Å². The van der Waals surface area contributed by atoms with Crippen LogP contribution in [0.3, 0.4) is 0 Å². The van der Waals surface area contributed by atoms with Crippen molar-refractivity contribution in [1.82, 2.24) is 14.5 Å². The molecule has 0 radical (unpaired) electrons. The lowest BCUT2D eigenvalue weighted by Gasteiger charge is -2.16. The van der Waals surface area contributed by atoms with E-state index in [1.807, 2.05) is 23.9 Å². The van der Waals surface area contributed by atoms with Gasteiger partial charge >= 0.3 is 0 Å². The molecular weight excluding hydrogens is 266 g/mol. The zero-order valence-corrected chi connectivity index (χ0v) is 12.4. The molecule has 0 aliphatic rings. The van der Waals surface area contributed by atoms with Crippen LogP contribution in [0.5, 0.6) is 5.88 Å². The third-order valence-corrected chi connectivity index (χ3v) is 3.96. The number of nitrogens with zero attached hydrogens (tertiary/aromatic N) is 2. The van der Waals surface area contributed by atoms with Crippen LogP contribution in [0.4, 0.5) is 0 Å². The van der Waals surface area contributed by atoms with Gasteiger partial charge in [0.25, 0.3) is 0 Å². The van der Waals surface area contributed by atoms with E-state index in [2.05, 4.69) is 27.7 Å². The van der Waals surface area contributed by atoms with Crippen LogP contribution in [0.1, 0.15) is 19.4 Å². The average Bonchev–Trinajstić information content (AvgIpc) is 2.71. The summed E-state index contributed by atoms with van der Waals surface area (Å²) in [6, 6.07) is 4.16.